The van der Waals surface area contributed by atoms with Crippen LogP contribution < -0.4 is 5.73 Å². The van der Waals surface area contributed by atoms with Gasteiger partial charge in [-0.05, 0) is 18.3 Å². The van der Waals surface area contributed by atoms with Crippen molar-refractivity contribution >= 4 is 5.91 Å². The zero-order valence-corrected chi connectivity index (χ0v) is 6.68. The van der Waals surface area contributed by atoms with Gasteiger partial charge in [0, 0.05) is 5.92 Å². The van der Waals surface area contributed by atoms with Crippen molar-refractivity contribution in [3.63, 3.8) is 0 Å². The van der Waals surface area contributed by atoms with Gasteiger partial charge in [-0.3, -0.25) is 4.79 Å². The first-order valence-corrected chi connectivity index (χ1v) is 3.83. The zero-order chi connectivity index (χ0) is 7.78. The number of rotatable bonds is 1. The second-order valence-electron chi connectivity index (χ2n) is 3.84. The molecule has 0 aromatic carbocycles. The van der Waals surface area contributed by atoms with E-state index >= 15 is 0 Å². The Labute approximate surface area is 61.8 Å². The van der Waals surface area contributed by atoms with Gasteiger partial charge in [0.15, 0.2) is 0 Å². The highest BCUT2D eigenvalue weighted by Crippen LogP contribution is 2.42. The van der Waals surface area contributed by atoms with Crippen molar-refractivity contribution in [2.45, 2.75) is 33.1 Å². The molecule has 0 aliphatic heterocycles. The van der Waals surface area contributed by atoms with Gasteiger partial charge in [-0.1, -0.05) is 20.3 Å². The van der Waals surface area contributed by atoms with Crippen LogP contribution in [-0.2, 0) is 4.79 Å². The molecule has 1 saturated carbocycles. The SMILES string of the molecule is CC1(C)CCCC1C(N)=O. The maximum absolute atomic E-state index is 10.8. The van der Waals surface area contributed by atoms with Crippen LogP contribution in [0, 0.1) is 11.3 Å². The van der Waals surface area contributed by atoms with Crippen molar-refractivity contribution < 1.29 is 4.79 Å². The molecule has 1 rings (SSSR count). The molecule has 1 fully saturated rings. The fourth-order valence-electron chi connectivity index (χ4n) is 1.85. The average Bonchev–Trinajstić information content (AvgIpc) is 2.08. The molecule has 0 spiro atoms. The molecule has 0 radical (unpaired) electrons. The Bertz CT molecular complexity index is 151. The minimum atomic E-state index is -0.123. The monoisotopic (exact) mass is 141 g/mol. The number of nitrogens with two attached hydrogens (primary N) is 1. The highest BCUT2D eigenvalue weighted by molar-refractivity contribution is 5.77. The summed E-state index contributed by atoms with van der Waals surface area (Å²) < 4.78 is 0. The first-order valence-electron chi connectivity index (χ1n) is 3.83. The first-order chi connectivity index (χ1) is 4.54. The van der Waals surface area contributed by atoms with Crippen molar-refractivity contribution in [3.8, 4) is 0 Å². The second-order valence-corrected chi connectivity index (χ2v) is 3.84. The largest absolute Gasteiger partial charge is 0.369 e. The second kappa shape index (κ2) is 2.26. The molecule has 1 aliphatic carbocycles. The molecule has 0 saturated heterocycles. The minimum absolute atomic E-state index is 0.118. The molecule has 1 amide bonds. The zero-order valence-electron chi connectivity index (χ0n) is 6.68. The van der Waals surface area contributed by atoms with E-state index in [1.54, 1.807) is 0 Å². The Hall–Kier alpha value is -0.530. The van der Waals surface area contributed by atoms with E-state index in [0.717, 1.165) is 19.3 Å². The van der Waals surface area contributed by atoms with E-state index < -0.39 is 0 Å². The van der Waals surface area contributed by atoms with Crippen molar-refractivity contribution in [2.75, 3.05) is 0 Å². The van der Waals surface area contributed by atoms with Crippen molar-refractivity contribution in [1.82, 2.24) is 0 Å². The van der Waals surface area contributed by atoms with Crippen molar-refractivity contribution in [1.29, 1.82) is 0 Å². The smallest absolute Gasteiger partial charge is 0.221 e. The highest BCUT2D eigenvalue weighted by atomic mass is 16.1. The Morgan fingerprint density at radius 1 is 1.60 bits per heavy atom. The quantitative estimate of drug-likeness (QED) is 0.587. The molecular weight excluding hydrogens is 126 g/mol. The van der Waals surface area contributed by atoms with Crippen LogP contribution in [0.1, 0.15) is 33.1 Å². The first kappa shape index (κ1) is 7.58. The van der Waals surface area contributed by atoms with Gasteiger partial charge in [0.1, 0.15) is 0 Å². The summed E-state index contributed by atoms with van der Waals surface area (Å²) in [4.78, 5) is 10.8. The highest BCUT2D eigenvalue weighted by Gasteiger charge is 2.37. The van der Waals surface area contributed by atoms with Crippen LogP contribution >= 0.6 is 0 Å². The van der Waals surface area contributed by atoms with Crippen LogP contribution in [0.25, 0.3) is 0 Å². The molecule has 58 valence electrons. The number of hydrogen-bond donors (Lipinski definition) is 1. The van der Waals surface area contributed by atoms with E-state index in [0.29, 0.717) is 0 Å². The molecule has 0 heterocycles. The Kier molecular flexibility index (Phi) is 1.71. The molecule has 10 heavy (non-hydrogen) atoms. The third-order valence-corrected chi connectivity index (χ3v) is 2.60. The minimum Gasteiger partial charge on any atom is -0.369 e. The summed E-state index contributed by atoms with van der Waals surface area (Å²) in [7, 11) is 0. The van der Waals surface area contributed by atoms with E-state index in [1.807, 2.05) is 0 Å². The lowest BCUT2D eigenvalue weighted by Crippen LogP contribution is -2.31. The van der Waals surface area contributed by atoms with Crippen LogP contribution in [0.4, 0.5) is 0 Å². The van der Waals surface area contributed by atoms with Crippen LogP contribution in [-0.4, -0.2) is 5.91 Å². The standard InChI is InChI=1S/C8H15NO/c1-8(2)5-3-4-6(8)7(9)10/h6H,3-5H2,1-2H3,(H2,9,10). The third kappa shape index (κ3) is 1.15. The van der Waals surface area contributed by atoms with Crippen LogP contribution in [0.5, 0.6) is 0 Å². The average molecular weight is 141 g/mol. The summed E-state index contributed by atoms with van der Waals surface area (Å²) in [6.45, 7) is 4.24. The van der Waals surface area contributed by atoms with Crippen molar-refractivity contribution in [2.24, 2.45) is 17.1 Å². The molecule has 2 N–H and O–H groups in total. The van der Waals surface area contributed by atoms with E-state index in [2.05, 4.69) is 13.8 Å². The topological polar surface area (TPSA) is 43.1 Å². The number of amides is 1. The molecule has 1 unspecified atom stereocenters. The maximum Gasteiger partial charge on any atom is 0.221 e. The number of hydrogen-bond acceptors (Lipinski definition) is 1. The predicted octanol–water partition coefficient (Wildman–Crippen LogP) is 1.30. The van der Waals surface area contributed by atoms with Crippen molar-refractivity contribution in [3.05, 3.63) is 0 Å². The Balaban J connectivity index is 2.68. The van der Waals surface area contributed by atoms with Gasteiger partial charge in [-0.15, -0.1) is 0 Å². The molecule has 2 nitrogen and oxygen atoms in total. The lowest BCUT2D eigenvalue weighted by Gasteiger charge is -2.23. The lowest BCUT2D eigenvalue weighted by atomic mass is 9.81. The Morgan fingerprint density at radius 3 is 2.40 bits per heavy atom. The van der Waals surface area contributed by atoms with Gasteiger partial charge in [0.05, 0.1) is 0 Å². The van der Waals surface area contributed by atoms with Gasteiger partial charge in [-0.25, -0.2) is 0 Å². The van der Waals surface area contributed by atoms with E-state index in [9.17, 15) is 4.79 Å². The van der Waals surface area contributed by atoms with Crippen LogP contribution in [0.2, 0.25) is 0 Å². The molecule has 0 aromatic rings. The van der Waals surface area contributed by atoms with Gasteiger partial charge in [0.25, 0.3) is 0 Å². The third-order valence-electron chi connectivity index (χ3n) is 2.60. The molecule has 1 atom stereocenters. The molecule has 1 aliphatic rings. The van der Waals surface area contributed by atoms with Gasteiger partial charge in [-0.2, -0.15) is 0 Å². The maximum atomic E-state index is 10.8. The van der Waals surface area contributed by atoms with E-state index in [1.165, 1.54) is 0 Å². The fraction of sp³-hybridized carbons (Fsp3) is 0.875. The lowest BCUT2D eigenvalue weighted by molar-refractivity contribution is -0.124. The van der Waals surface area contributed by atoms with Crippen LogP contribution in [0.15, 0.2) is 0 Å². The summed E-state index contributed by atoms with van der Waals surface area (Å²) in [6.07, 6.45) is 3.28. The number of carbonyl (C=O) groups is 1. The summed E-state index contributed by atoms with van der Waals surface area (Å²) in [5, 5.41) is 0. The summed E-state index contributed by atoms with van der Waals surface area (Å²) in [5.41, 5.74) is 5.39. The molecule has 0 bridgehead atoms. The molecule has 2 heteroatoms. The summed E-state index contributed by atoms with van der Waals surface area (Å²) >= 11 is 0. The fourth-order valence-corrected chi connectivity index (χ4v) is 1.85. The summed E-state index contributed by atoms with van der Waals surface area (Å²) in [5.74, 6) is -0.00463. The molecule has 0 aromatic heterocycles. The van der Waals surface area contributed by atoms with Gasteiger partial charge in [0.2, 0.25) is 5.91 Å². The Morgan fingerprint density at radius 2 is 2.20 bits per heavy atom. The van der Waals surface area contributed by atoms with E-state index in [-0.39, 0.29) is 17.2 Å². The summed E-state index contributed by atoms with van der Waals surface area (Å²) in [6, 6.07) is 0. The predicted molar refractivity (Wildman–Crippen MR) is 40.3 cm³/mol. The van der Waals surface area contributed by atoms with Gasteiger partial charge < -0.3 is 5.73 Å². The number of primary amides is 1. The number of carbonyl (C=O) groups excluding carboxylic acids is 1. The normalized spacial score (nSPS) is 30.4. The molecular formula is C8H15NO. The van der Waals surface area contributed by atoms with E-state index in [4.69, 9.17) is 5.73 Å². The van der Waals surface area contributed by atoms with Crippen LogP contribution in [0.3, 0.4) is 0 Å². The van der Waals surface area contributed by atoms with Gasteiger partial charge >= 0.3 is 0 Å².